The predicted octanol–water partition coefficient (Wildman–Crippen LogP) is 3.05. The first-order valence-corrected chi connectivity index (χ1v) is 5.99. The molecule has 0 aliphatic heterocycles. The Labute approximate surface area is 105 Å². The van der Waals surface area contributed by atoms with Gasteiger partial charge in [-0.1, -0.05) is 29.8 Å². The molecule has 0 atom stereocenters. The summed E-state index contributed by atoms with van der Waals surface area (Å²) in [6, 6.07) is 1.90. The zero-order valence-corrected chi connectivity index (χ0v) is 11.7. The molecule has 4 heteroatoms. The minimum atomic E-state index is 0.333. The minimum absolute atomic E-state index is 0.333. The van der Waals surface area contributed by atoms with Crippen molar-refractivity contribution in [3.8, 4) is 11.5 Å². The Kier molecular flexibility index (Phi) is 4.62. The van der Waals surface area contributed by atoms with E-state index in [0.29, 0.717) is 12.5 Å². The van der Waals surface area contributed by atoms with Crippen molar-refractivity contribution in [1.29, 1.82) is 0 Å². The highest BCUT2D eigenvalue weighted by atomic mass is 79.9. The molecule has 3 nitrogen and oxygen atoms in total. The molecular weight excluding hydrogens is 270 g/mol. The molecule has 0 amide bonds. The summed E-state index contributed by atoms with van der Waals surface area (Å²) in [4.78, 5) is 0. The number of nitrogens with two attached hydrogens (primary N) is 1. The van der Waals surface area contributed by atoms with Crippen LogP contribution in [0.5, 0.6) is 11.5 Å². The van der Waals surface area contributed by atoms with E-state index in [4.69, 9.17) is 15.2 Å². The Morgan fingerprint density at radius 2 is 1.94 bits per heavy atom. The fourth-order valence-electron chi connectivity index (χ4n) is 1.85. The monoisotopic (exact) mass is 287 g/mol. The van der Waals surface area contributed by atoms with Crippen LogP contribution in [0.15, 0.2) is 10.5 Å². The molecular formula is C12H18BrNO2. The van der Waals surface area contributed by atoms with Crippen molar-refractivity contribution in [3.05, 3.63) is 21.7 Å². The number of rotatable bonds is 4. The first-order valence-electron chi connectivity index (χ1n) is 5.20. The second-order valence-corrected chi connectivity index (χ2v) is 4.70. The normalized spacial score (nSPS) is 10.7. The zero-order valence-electron chi connectivity index (χ0n) is 10.1. The topological polar surface area (TPSA) is 44.5 Å². The van der Waals surface area contributed by atoms with Gasteiger partial charge in [0.25, 0.3) is 0 Å². The third-order valence-electron chi connectivity index (χ3n) is 2.55. The van der Waals surface area contributed by atoms with Crippen LogP contribution < -0.4 is 15.2 Å². The van der Waals surface area contributed by atoms with Gasteiger partial charge in [0.2, 0.25) is 0 Å². The molecule has 0 radical (unpaired) electrons. The molecule has 0 saturated heterocycles. The zero-order chi connectivity index (χ0) is 12.3. The molecule has 90 valence electrons. The lowest BCUT2D eigenvalue weighted by atomic mass is 9.95. The van der Waals surface area contributed by atoms with Crippen molar-refractivity contribution in [2.24, 2.45) is 5.73 Å². The second-order valence-electron chi connectivity index (χ2n) is 3.84. The summed E-state index contributed by atoms with van der Waals surface area (Å²) in [6.07, 6.45) is 0. The van der Waals surface area contributed by atoms with E-state index >= 15 is 0 Å². The van der Waals surface area contributed by atoms with Gasteiger partial charge in [0, 0.05) is 16.6 Å². The van der Waals surface area contributed by atoms with Crippen molar-refractivity contribution in [3.63, 3.8) is 0 Å². The molecule has 0 unspecified atom stereocenters. The van der Waals surface area contributed by atoms with Gasteiger partial charge in [0.05, 0.1) is 14.2 Å². The Morgan fingerprint density at radius 1 is 1.31 bits per heavy atom. The molecule has 1 rings (SSSR count). The summed E-state index contributed by atoms with van der Waals surface area (Å²) < 4.78 is 11.7. The van der Waals surface area contributed by atoms with Crippen molar-refractivity contribution in [2.45, 2.75) is 26.3 Å². The summed E-state index contributed by atoms with van der Waals surface area (Å²) in [5, 5.41) is 0. The molecule has 0 spiro atoms. The summed E-state index contributed by atoms with van der Waals surface area (Å²) in [5.41, 5.74) is 7.96. The van der Waals surface area contributed by atoms with Crippen LogP contribution in [0.4, 0.5) is 0 Å². The molecule has 0 bridgehead atoms. The number of methoxy groups -OCH3 is 2. The lowest BCUT2D eigenvalue weighted by Gasteiger charge is -2.20. The van der Waals surface area contributed by atoms with E-state index in [0.717, 1.165) is 27.1 Å². The van der Waals surface area contributed by atoms with Crippen LogP contribution in [0.1, 0.15) is 30.9 Å². The molecule has 0 aliphatic carbocycles. The summed E-state index contributed by atoms with van der Waals surface area (Å²) in [6.45, 7) is 4.71. The number of benzene rings is 1. The molecule has 0 aromatic heterocycles. The predicted molar refractivity (Wildman–Crippen MR) is 69.2 cm³/mol. The highest BCUT2D eigenvalue weighted by Gasteiger charge is 2.19. The lowest BCUT2D eigenvalue weighted by Crippen LogP contribution is -2.07. The summed E-state index contributed by atoms with van der Waals surface area (Å²) in [5.74, 6) is 1.84. The van der Waals surface area contributed by atoms with E-state index in [1.165, 1.54) is 0 Å². The van der Waals surface area contributed by atoms with Gasteiger partial charge in [-0.2, -0.15) is 0 Å². The highest BCUT2D eigenvalue weighted by molar-refractivity contribution is 9.10. The third-order valence-corrected chi connectivity index (χ3v) is 3.25. The van der Waals surface area contributed by atoms with E-state index < -0.39 is 0 Å². The van der Waals surface area contributed by atoms with Crippen LogP contribution in [-0.4, -0.2) is 14.2 Å². The van der Waals surface area contributed by atoms with E-state index in [1.54, 1.807) is 14.2 Å². The maximum Gasteiger partial charge on any atom is 0.164 e. The maximum atomic E-state index is 5.78. The van der Waals surface area contributed by atoms with Gasteiger partial charge in [0.1, 0.15) is 0 Å². The van der Waals surface area contributed by atoms with E-state index in [2.05, 4.69) is 29.8 Å². The fourth-order valence-corrected chi connectivity index (χ4v) is 2.43. The molecule has 16 heavy (non-hydrogen) atoms. The van der Waals surface area contributed by atoms with Gasteiger partial charge in [-0.25, -0.2) is 0 Å². The van der Waals surface area contributed by atoms with Gasteiger partial charge in [-0.05, 0) is 17.5 Å². The Balaban J connectivity index is 3.53. The van der Waals surface area contributed by atoms with Crippen molar-refractivity contribution in [1.82, 2.24) is 0 Å². The Morgan fingerprint density at radius 3 is 2.31 bits per heavy atom. The molecule has 0 fully saturated rings. The first kappa shape index (κ1) is 13.3. The number of hydrogen-bond donors (Lipinski definition) is 1. The fraction of sp³-hybridized carbons (Fsp3) is 0.500. The smallest absolute Gasteiger partial charge is 0.164 e. The van der Waals surface area contributed by atoms with Gasteiger partial charge < -0.3 is 15.2 Å². The first-order chi connectivity index (χ1) is 7.56. The van der Waals surface area contributed by atoms with Gasteiger partial charge in [0.15, 0.2) is 11.5 Å². The van der Waals surface area contributed by atoms with Gasteiger partial charge >= 0.3 is 0 Å². The SMILES string of the molecule is COc1cc(Br)c(CN)c(C(C)C)c1OC. The van der Waals surface area contributed by atoms with E-state index in [-0.39, 0.29) is 0 Å². The largest absolute Gasteiger partial charge is 0.493 e. The van der Waals surface area contributed by atoms with E-state index in [1.807, 2.05) is 6.07 Å². The molecule has 0 heterocycles. The summed E-state index contributed by atoms with van der Waals surface area (Å²) >= 11 is 3.52. The van der Waals surface area contributed by atoms with Crippen LogP contribution in [0.3, 0.4) is 0 Å². The van der Waals surface area contributed by atoms with Crippen LogP contribution in [-0.2, 0) is 6.54 Å². The molecule has 0 aliphatic rings. The number of hydrogen-bond acceptors (Lipinski definition) is 3. The lowest BCUT2D eigenvalue weighted by molar-refractivity contribution is 0.349. The van der Waals surface area contributed by atoms with Gasteiger partial charge in [-0.15, -0.1) is 0 Å². The number of ether oxygens (including phenoxy) is 2. The molecule has 1 aromatic carbocycles. The van der Waals surface area contributed by atoms with Crippen LogP contribution in [0.2, 0.25) is 0 Å². The second kappa shape index (κ2) is 5.55. The summed E-state index contributed by atoms with van der Waals surface area (Å²) in [7, 11) is 3.29. The molecule has 1 aromatic rings. The average molecular weight is 288 g/mol. The van der Waals surface area contributed by atoms with E-state index in [9.17, 15) is 0 Å². The molecule has 0 saturated carbocycles. The average Bonchev–Trinajstić information content (AvgIpc) is 2.27. The standard InChI is InChI=1S/C12H18BrNO2/c1-7(2)11-8(6-14)9(13)5-10(15-3)12(11)16-4/h5,7H,6,14H2,1-4H3. The van der Waals surface area contributed by atoms with Crippen LogP contribution >= 0.6 is 15.9 Å². The maximum absolute atomic E-state index is 5.78. The molecule has 2 N–H and O–H groups in total. The third kappa shape index (κ3) is 2.33. The Hall–Kier alpha value is -0.740. The highest BCUT2D eigenvalue weighted by Crippen LogP contribution is 2.41. The number of halogens is 1. The Bertz CT molecular complexity index is 378. The van der Waals surface area contributed by atoms with Gasteiger partial charge in [-0.3, -0.25) is 0 Å². The van der Waals surface area contributed by atoms with Crippen molar-refractivity contribution >= 4 is 15.9 Å². The van der Waals surface area contributed by atoms with Crippen molar-refractivity contribution in [2.75, 3.05) is 14.2 Å². The van der Waals surface area contributed by atoms with Crippen LogP contribution in [0, 0.1) is 0 Å². The minimum Gasteiger partial charge on any atom is -0.493 e. The van der Waals surface area contributed by atoms with Crippen LogP contribution in [0.25, 0.3) is 0 Å². The van der Waals surface area contributed by atoms with Crippen molar-refractivity contribution < 1.29 is 9.47 Å². The quantitative estimate of drug-likeness (QED) is 0.926.